The highest BCUT2D eigenvalue weighted by atomic mass is 35.5. The lowest BCUT2D eigenvalue weighted by atomic mass is 10.1. The van der Waals surface area contributed by atoms with Crippen LogP contribution in [0.5, 0.6) is 0 Å². The molecule has 0 unspecified atom stereocenters. The van der Waals surface area contributed by atoms with Crippen LogP contribution in [0.25, 0.3) is 0 Å². The molecule has 0 radical (unpaired) electrons. The summed E-state index contributed by atoms with van der Waals surface area (Å²) in [6.45, 7) is 0.440. The summed E-state index contributed by atoms with van der Waals surface area (Å²) in [5, 5.41) is 0.879. The second-order valence-electron chi connectivity index (χ2n) is 3.93. The maximum atomic E-state index is 12.1. The predicted octanol–water partition coefficient (Wildman–Crippen LogP) is 2.10. The third kappa shape index (κ3) is 1.89. The maximum absolute atomic E-state index is 12.1. The molecule has 1 aliphatic rings. The molecular formula is C10H13ClN2OS. The number of nitrogens with zero attached hydrogens (tertiary/aromatic N) is 1. The Kier molecular flexibility index (Phi) is 2.75. The standard InChI is InChI=1S/C10H13ClN2OS/c1-13(8-3-2-7(11)15-8)9(14)10(6-12)4-5-10/h2-3H,4-6,12H2,1H3. The Bertz CT molecular complexity index is 387. The molecule has 1 amide bonds. The molecule has 0 atom stereocenters. The van der Waals surface area contributed by atoms with Crippen molar-refractivity contribution in [3.63, 3.8) is 0 Å². The number of halogens is 1. The van der Waals surface area contributed by atoms with Crippen LogP contribution in [0.1, 0.15) is 12.8 Å². The van der Waals surface area contributed by atoms with E-state index in [9.17, 15) is 4.79 Å². The molecule has 1 aromatic rings. The molecule has 1 aliphatic carbocycles. The van der Waals surface area contributed by atoms with Gasteiger partial charge in [-0.15, -0.1) is 11.3 Å². The maximum Gasteiger partial charge on any atom is 0.234 e. The number of hydrogen-bond acceptors (Lipinski definition) is 3. The molecule has 1 heterocycles. The van der Waals surface area contributed by atoms with Gasteiger partial charge in [-0.3, -0.25) is 4.79 Å². The first kappa shape index (κ1) is 10.9. The minimum absolute atomic E-state index is 0.114. The van der Waals surface area contributed by atoms with Crippen molar-refractivity contribution < 1.29 is 4.79 Å². The summed E-state index contributed by atoms with van der Waals surface area (Å²) < 4.78 is 0.697. The van der Waals surface area contributed by atoms with Crippen LogP contribution < -0.4 is 10.6 Å². The van der Waals surface area contributed by atoms with Crippen LogP contribution in [0.2, 0.25) is 4.34 Å². The van der Waals surface area contributed by atoms with E-state index >= 15 is 0 Å². The van der Waals surface area contributed by atoms with E-state index in [1.165, 1.54) is 11.3 Å². The Morgan fingerprint density at radius 2 is 2.33 bits per heavy atom. The monoisotopic (exact) mass is 244 g/mol. The van der Waals surface area contributed by atoms with Crippen molar-refractivity contribution in [2.75, 3.05) is 18.5 Å². The van der Waals surface area contributed by atoms with Gasteiger partial charge in [-0.25, -0.2) is 0 Å². The number of thiophene rings is 1. The third-order valence-corrected chi connectivity index (χ3v) is 4.20. The van der Waals surface area contributed by atoms with Gasteiger partial charge in [0.2, 0.25) is 5.91 Å². The summed E-state index contributed by atoms with van der Waals surface area (Å²) in [7, 11) is 1.78. The number of carbonyl (C=O) groups is 1. The highest BCUT2D eigenvalue weighted by Crippen LogP contribution is 2.47. The number of anilines is 1. The predicted molar refractivity (Wildman–Crippen MR) is 63.5 cm³/mol. The van der Waals surface area contributed by atoms with Gasteiger partial charge in [0.25, 0.3) is 0 Å². The van der Waals surface area contributed by atoms with E-state index in [4.69, 9.17) is 17.3 Å². The minimum atomic E-state index is -0.286. The van der Waals surface area contributed by atoms with E-state index in [0.717, 1.165) is 17.8 Å². The Hall–Kier alpha value is -0.580. The zero-order chi connectivity index (χ0) is 11.1. The Balaban J connectivity index is 2.15. The fourth-order valence-corrected chi connectivity index (χ4v) is 2.59. The molecule has 1 saturated carbocycles. The van der Waals surface area contributed by atoms with Gasteiger partial charge in [-0.05, 0) is 25.0 Å². The number of rotatable bonds is 3. The van der Waals surface area contributed by atoms with E-state index in [2.05, 4.69) is 0 Å². The highest BCUT2D eigenvalue weighted by molar-refractivity contribution is 7.20. The van der Waals surface area contributed by atoms with Gasteiger partial charge in [-0.1, -0.05) is 11.6 Å². The van der Waals surface area contributed by atoms with Gasteiger partial charge in [0.15, 0.2) is 0 Å². The molecule has 2 rings (SSSR count). The molecule has 0 aliphatic heterocycles. The zero-order valence-electron chi connectivity index (χ0n) is 8.50. The first-order valence-electron chi connectivity index (χ1n) is 4.83. The second kappa shape index (κ2) is 3.77. The van der Waals surface area contributed by atoms with Crippen molar-refractivity contribution in [1.82, 2.24) is 0 Å². The third-order valence-electron chi connectivity index (χ3n) is 2.89. The van der Waals surface area contributed by atoms with E-state index in [0.29, 0.717) is 10.9 Å². The molecule has 15 heavy (non-hydrogen) atoms. The fraction of sp³-hybridized carbons (Fsp3) is 0.500. The van der Waals surface area contributed by atoms with Crippen LogP contribution in [0, 0.1) is 5.41 Å². The van der Waals surface area contributed by atoms with Gasteiger partial charge in [-0.2, -0.15) is 0 Å². The van der Waals surface area contributed by atoms with E-state index in [1.54, 1.807) is 18.0 Å². The summed E-state index contributed by atoms with van der Waals surface area (Å²) in [5.41, 5.74) is 5.33. The molecule has 82 valence electrons. The van der Waals surface area contributed by atoms with Crippen molar-refractivity contribution in [1.29, 1.82) is 0 Å². The fourth-order valence-electron chi connectivity index (χ4n) is 1.60. The lowest BCUT2D eigenvalue weighted by Crippen LogP contribution is -2.37. The topological polar surface area (TPSA) is 46.3 Å². The van der Waals surface area contributed by atoms with Crippen molar-refractivity contribution in [2.24, 2.45) is 11.1 Å². The molecule has 0 spiro atoms. The van der Waals surface area contributed by atoms with Gasteiger partial charge >= 0.3 is 0 Å². The number of carbonyl (C=O) groups excluding carboxylic acids is 1. The molecule has 0 saturated heterocycles. The van der Waals surface area contributed by atoms with Crippen molar-refractivity contribution in [2.45, 2.75) is 12.8 Å². The highest BCUT2D eigenvalue weighted by Gasteiger charge is 2.50. The van der Waals surface area contributed by atoms with Crippen LogP contribution >= 0.6 is 22.9 Å². The summed E-state index contributed by atoms with van der Waals surface area (Å²) in [6.07, 6.45) is 1.82. The zero-order valence-corrected chi connectivity index (χ0v) is 10.1. The van der Waals surface area contributed by atoms with Crippen molar-refractivity contribution >= 4 is 33.8 Å². The van der Waals surface area contributed by atoms with Crippen LogP contribution in [0.3, 0.4) is 0 Å². The summed E-state index contributed by atoms with van der Waals surface area (Å²) in [6, 6.07) is 3.66. The summed E-state index contributed by atoms with van der Waals surface area (Å²) in [4.78, 5) is 13.7. The minimum Gasteiger partial charge on any atom is -0.329 e. The quantitative estimate of drug-likeness (QED) is 0.885. The normalized spacial score (nSPS) is 17.5. The molecule has 0 aromatic carbocycles. The molecule has 5 heteroatoms. The molecule has 0 bridgehead atoms. The van der Waals surface area contributed by atoms with Gasteiger partial charge < -0.3 is 10.6 Å². The average Bonchev–Trinajstić information content (AvgIpc) is 2.93. The van der Waals surface area contributed by atoms with Gasteiger partial charge in [0.05, 0.1) is 14.8 Å². The second-order valence-corrected chi connectivity index (χ2v) is 5.62. The first-order valence-corrected chi connectivity index (χ1v) is 6.02. The van der Waals surface area contributed by atoms with Gasteiger partial charge in [0.1, 0.15) is 0 Å². The molecule has 1 fully saturated rings. The van der Waals surface area contributed by atoms with Gasteiger partial charge in [0, 0.05) is 13.6 Å². The molecule has 3 nitrogen and oxygen atoms in total. The molecule has 1 aromatic heterocycles. The number of nitrogens with two attached hydrogens (primary N) is 1. The van der Waals surface area contributed by atoms with Crippen LogP contribution in [0.4, 0.5) is 5.00 Å². The molecule has 2 N–H and O–H groups in total. The largest absolute Gasteiger partial charge is 0.329 e. The van der Waals surface area contributed by atoms with Crippen molar-refractivity contribution in [3.8, 4) is 0 Å². The van der Waals surface area contributed by atoms with Crippen LogP contribution in [-0.2, 0) is 4.79 Å². The van der Waals surface area contributed by atoms with E-state index in [-0.39, 0.29) is 11.3 Å². The Morgan fingerprint density at radius 1 is 1.67 bits per heavy atom. The number of hydrogen-bond donors (Lipinski definition) is 1. The van der Waals surface area contributed by atoms with Crippen LogP contribution in [0.15, 0.2) is 12.1 Å². The Labute approximate surface area is 97.8 Å². The summed E-state index contributed by atoms with van der Waals surface area (Å²) in [5.74, 6) is 0.114. The van der Waals surface area contributed by atoms with Crippen molar-refractivity contribution in [3.05, 3.63) is 16.5 Å². The average molecular weight is 245 g/mol. The summed E-state index contributed by atoms with van der Waals surface area (Å²) >= 11 is 7.24. The lowest BCUT2D eigenvalue weighted by Gasteiger charge is -2.20. The smallest absolute Gasteiger partial charge is 0.234 e. The van der Waals surface area contributed by atoms with E-state index in [1.807, 2.05) is 6.07 Å². The Morgan fingerprint density at radius 3 is 2.73 bits per heavy atom. The lowest BCUT2D eigenvalue weighted by molar-refractivity contribution is -0.123. The SMILES string of the molecule is CN(C(=O)C1(CN)CC1)c1ccc(Cl)s1. The number of amides is 1. The van der Waals surface area contributed by atoms with Crippen LogP contribution in [-0.4, -0.2) is 19.5 Å². The first-order chi connectivity index (χ1) is 7.09. The van der Waals surface area contributed by atoms with E-state index < -0.39 is 0 Å². The molecular weight excluding hydrogens is 232 g/mol.